The molecule has 0 radical (unpaired) electrons. The van der Waals surface area contributed by atoms with E-state index >= 15 is 0 Å². The number of aliphatic hydroxyl groups excluding tert-OH is 1. The van der Waals surface area contributed by atoms with Crippen molar-refractivity contribution < 1.29 is 14.3 Å². The zero-order valence-corrected chi connectivity index (χ0v) is 13.1. The van der Waals surface area contributed by atoms with E-state index in [1.165, 1.54) is 12.1 Å². The van der Waals surface area contributed by atoms with Gasteiger partial charge < -0.3 is 15.0 Å². The Bertz CT molecular complexity index is 679. The molecule has 22 heavy (non-hydrogen) atoms. The lowest BCUT2D eigenvalue weighted by molar-refractivity contribution is 0.0934. The van der Waals surface area contributed by atoms with E-state index in [1.54, 1.807) is 18.2 Å². The van der Waals surface area contributed by atoms with E-state index in [-0.39, 0.29) is 24.4 Å². The molecule has 1 amide bonds. The number of benzene rings is 1. The summed E-state index contributed by atoms with van der Waals surface area (Å²) >= 11 is 0. The second-order valence-electron chi connectivity index (χ2n) is 5.49. The van der Waals surface area contributed by atoms with Gasteiger partial charge in [-0.15, -0.1) is 0 Å². The molecular weight excluding hydrogens is 283 g/mol. The third-order valence-electron chi connectivity index (χ3n) is 3.68. The maximum atomic E-state index is 13.4. The summed E-state index contributed by atoms with van der Waals surface area (Å²) < 4.78 is 15.3. The Kier molecular flexibility index (Phi) is 4.98. The van der Waals surface area contributed by atoms with Crippen LogP contribution in [0.5, 0.6) is 0 Å². The predicted molar refractivity (Wildman–Crippen MR) is 83.8 cm³/mol. The molecule has 4 nitrogen and oxygen atoms in total. The van der Waals surface area contributed by atoms with Gasteiger partial charge in [-0.1, -0.05) is 6.07 Å². The molecule has 2 rings (SSSR count). The Labute approximate surface area is 129 Å². The van der Waals surface area contributed by atoms with Gasteiger partial charge >= 0.3 is 0 Å². The number of carbonyl (C=O) groups is 1. The molecule has 0 aliphatic rings. The highest BCUT2D eigenvalue weighted by Gasteiger charge is 2.18. The van der Waals surface area contributed by atoms with Crippen molar-refractivity contribution in [3.05, 3.63) is 53.1 Å². The summed E-state index contributed by atoms with van der Waals surface area (Å²) in [6.45, 7) is 5.60. The molecule has 2 aromatic rings. The van der Waals surface area contributed by atoms with Crippen molar-refractivity contribution in [2.75, 3.05) is 6.61 Å². The van der Waals surface area contributed by atoms with E-state index in [1.807, 2.05) is 25.3 Å². The summed E-state index contributed by atoms with van der Waals surface area (Å²) in [7, 11) is 0. The lowest BCUT2D eigenvalue weighted by Crippen LogP contribution is -2.33. The Morgan fingerprint density at radius 2 is 2.09 bits per heavy atom. The first-order valence-electron chi connectivity index (χ1n) is 7.30. The van der Waals surface area contributed by atoms with Crippen molar-refractivity contribution in [1.82, 2.24) is 9.88 Å². The number of nitrogens with zero attached hydrogens (tertiary/aromatic N) is 1. The molecule has 1 unspecified atom stereocenters. The molecular formula is C17H21FN2O2. The van der Waals surface area contributed by atoms with Crippen LogP contribution in [-0.4, -0.2) is 28.2 Å². The maximum absolute atomic E-state index is 13.4. The van der Waals surface area contributed by atoms with Crippen LogP contribution in [0.1, 0.15) is 35.1 Å². The Morgan fingerprint density at radius 3 is 2.73 bits per heavy atom. The number of amides is 1. The van der Waals surface area contributed by atoms with Crippen LogP contribution in [0.4, 0.5) is 4.39 Å². The van der Waals surface area contributed by atoms with Crippen molar-refractivity contribution >= 4 is 5.91 Å². The highest BCUT2D eigenvalue weighted by molar-refractivity contribution is 5.96. The monoisotopic (exact) mass is 304 g/mol. The predicted octanol–water partition coefficient (Wildman–Crippen LogP) is 2.73. The van der Waals surface area contributed by atoms with Crippen molar-refractivity contribution in [2.45, 2.75) is 33.2 Å². The average Bonchev–Trinajstić information content (AvgIpc) is 2.74. The average molecular weight is 304 g/mol. The quantitative estimate of drug-likeness (QED) is 0.892. The molecule has 0 fully saturated rings. The number of carbonyl (C=O) groups excluding carboxylic acids is 1. The Morgan fingerprint density at radius 1 is 1.36 bits per heavy atom. The molecule has 1 aromatic heterocycles. The lowest BCUT2D eigenvalue weighted by atomic mass is 10.2. The molecule has 118 valence electrons. The standard InChI is InChI=1S/C17H21FN2O2/c1-11(7-8-21)19-17(22)16-9-12(2)20(13(16)3)15-6-4-5-14(18)10-15/h4-6,9-11,21H,7-8H2,1-3H3,(H,19,22). The maximum Gasteiger partial charge on any atom is 0.253 e. The Hall–Kier alpha value is -2.14. The van der Waals surface area contributed by atoms with Gasteiger partial charge in [-0.2, -0.15) is 0 Å². The van der Waals surface area contributed by atoms with Crippen molar-refractivity contribution in [3.63, 3.8) is 0 Å². The summed E-state index contributed by atoms with van der Waals surface area (Å²) in [4.78, 5) is 12.3. The van der Waals surface area contributed by atoms with Crippen molar-refractivity contribution in [1.29, 1.82) is 0 Å². The number of nitrogens with one attached hydrogen (secondary N) is 1. The van der Waals surface area contributed by atoms with Crippen LogP contribution in [0.25, 0.3) is 5.69 Å². The fraction of sp³-hybridized carbons (Fsp3) is 0.353. The fourth-order valence-corrected chi connectivity index (χ4v) is 2.57. The minimum atomic E-state index is -0.312. The van der Waals surface area contributed by atoms with Crippen molar-refractivity contribution in [2.24, 2.45) is 0 Å². The second kappa shape index (κ2) is 6.75. The van der Waals surface area contributed by atoms with E-state index in [9.17, 15) is 9.18 Å². The van der Waals surface area contributed by atoms with Crippen LogP contribution in [0.2, 0.25) is 0 Å². The number of aliphatic hydroxyl groups is 1. The normalized spacial score (nSPS) is 12.2. The molecule has 0 spiro atoms. The van der Waals surface area contributed by atoms with Gasteiger partial charge in [0, 0.05) is 29.7 Å². The van der Waals surface area contributed by atoms with Crippen LogP contribution in [0, 0.1) is 19.7 Å². The minimum Gasteiger partial charge on any atom is -0.396 e. The molecule has 0 saturated heterocycles. The summed E-state index contributed by atoms with van der Waals surface area (Å²) in [6, 6.07) is 7.97. The van der Waals surface area contributed by atoms with Crippen LogP contribution in [-0.2, 0) is 0 Å². The smallest absolute Gasteiger partial charge is 0.253 e. The van der Waals surface area contributed by atoms with Gasteiger partial charge in [0.1, 0.15) is 5.82 Å². The van der Waals surface area contributed by atoms with Gasteiger partial charge in [-0.05, 0) is 51.5 Å². The largest absolute Gasteiger partial charge is 0.396 e. The molecule has 1 heterocycles. The number of hydrogen-bond donors (Lipinski definition) is 2. The van der Waals surface area contributed by atoms with E-state index < -0.39 is 0 Å². The van der Waals surface area contributed by atoms with Crippen LogP contribution >= 0.6 is 0 Å². The summed E-state index contributed by atoms with van der Waals surface area (Å²) in [5, 5.41) is 11.8. The Balaban J connectivity index is 2.33. The van der Waals surface area contributed by atoms with Gasteiger partial charge in [0.05, 0.1) is 5.56 Å². The van der Waals surface area contributed by atoms with E-state index in [2.05, 4.69) is 5.32 Å². The highest BCUT2D eigenvalue weighted by atomic mass is 19.1. The molecule has 0 saturated carbocycles. The van der Waals surface area contributed by atoms with E-state index in [4.69, 9.17) is 5.11 Å². The van der Waals surface area contributed by atoms with Crippen molar-refractivity contribution in [3.8, 4) is 5.69 Å². The molecule has 1 atom stereocenters. The molecule has 0 aliphatic carbocycles. The molecule has 5 heteroatoms. The number of halogens is 1. The fourth-order valence-electron chi connectivity index (χ4n) is 2.57. The summed E-state index contributed by atoms with van der Waals surface area (Å²) in [5.74, 6) is -0.496. The van der Waals surface area contributed by atoms with E-state index in [0.717, 1.165) is 11.4 Å². The third kappa shape index (κ3) is 3.36. The highest BCUT2D eigenvalue weighted by Crippen LogP contribution is 2.21. The van der Waals surface area contributed by atoms with Gasteiger partial charge in [-0.25, -0.2) is 4.39 Å². The summed E-state index contributed by atoms with van der Waals surface area (Å²) in [5.41, 5.74) is 2.88. The molecule has 0 bridgehead atoms. The lowest BCUT2D eigenvalue weighted by Gasteiger charge is -2.13. The summed E-state index contributed by atoms with van der Waals surface area (Å²) in [6.07, 6.45) is 0.508. The minimum absolute atomic E-state index is 0.0315. The number of aromatic nitrogens is 1. The van der Waals surface area contributed by atoms with Gasteiger partial charge in [0.15, 0.2) is 0 Å². The molecule has 0 aliphatic heterocycles. The van der Waals surface area contributed by atoms with E-state index in [0.29, 0.717) is 17.7 Å². The molecule has 1 aromatic carbocycles. The topological polar surface area (TPSA) is 54.3 Å². The first kappa shape index (κ1) is 16.2. The van der Waals surface area contributed by atoms with Gasteiger partial charge in [-0.3, -0.25) is 4.79 Å². The molecule has 2 N–H and O–H groups in total. The third-order valence-corrected chi connectivity index (χ3v) is 3.68. The number of hydrogen-bond acceptors (Lipinski definition) is 2. The van der Waals surface area contributed by atoms with Crippen LogP contribution < -0.4 is 5.32 Å². The zero-order valence-electron chi connectivity index (χ0n) is 13.1. The second-order valence-corrected chi connectivity index (χ2v) is 5.49. The SMILES string of the molecule is Cc1cc(C(=O)NC(C)CCO)c(C)n1-c1cccc(F)c1. The van der Waals surface area contributed by atoms with Gasteiger partial charge in [0.25, 0.3) is 5.91 Å². The number of rotatable bonds is 5. The van der Waals surface area contributed by atoms with Crippen LogP contribution in [0.15, 0.2) is 30.3 Å². The zero-order chi connectivity index (χ0) is 16.3. The van der Waals surface area contributed by atoms with Crippen LogP contribution in [0.3, 0.4) is 0 Å². The first-order chi connectivity index (χ1) is 10.4. The number of aryl methyl sites for hydroxylation is 1. The first-order valence-corrected chi connectivity index (χ1v) is 7.30. The van der Waals surface area contributed by atoms with Gasteiger partial charge in [0.2, 0.25) is 0 Å².